The molecular formula is C22H23N3O3. The Kier molecular flexibility index (Phi) is 4.50. The van der Waals surface area contributed by atoms with E-state index in [4.69, 9.17) is 9.47 Å². The van der Waals surface area contributed by atoms with Crippen LogP contribution in [0.3, 0.4) is 0 Å². The summed E-state index contributed by atoms with van der Waals surface area (Å²) in [7, 11) is 0. The Hall–Kier alpha value is -2.83. The molecule has 5 rings (SSSR count). The van der Waals surface area contributed by atoms with Crippen molar-refractivity contribution in [2.45, 2.75) is 25.0 Å². The summed E-state index contributed by atoms with van der Waals surface area (Å²) in [4.78, 5) is 6.42. The van der Waals surface area contributed by atoms with E-state index in [0.717, 1.165) is 42.3 Å². The second-order valence-corrected chi connectivity index (χ2v) is 7.39. The molecule has 0 bridgehead atoms. The van der Waals surface area contributed by atoms with Gasteiger partial charge in [0.2, 0.25) is 6.79 Å². The first-order valence-electron chi connectivity index (χ1n) is 9.64. The summed E-state index contributed by atoms with van der Waals surface area (Å²) in [6.07, 6.45) is 6.19. The van der Waals surface area contributed by atoms with E-state index in [9.17, 15) is 5.11 Å². The van der Waals surface area contributed by atoms with E-state index in [1.165, 1.54) is 5.69 Å². The summed E-state index contributed by atoms with van der Waals surface area (Å²) in [5.74, 6) is 1.69. The second kappa shape index (κ2) is 7.30. The molecule has 0 spiro atoms. The fourth-order valence-corrected chi connectivity index (χ4v) is 4.20. The van der Waals surface area contributed by atoms with Crippen LogP contribution in [0.5, 0.6) is 11.5 Å². The Labute approximate surface area is 164 Å². The molecule has 1 saturated heterocycles. The second-order valence-electron chi connectivity index (χ2n) is 7.39. The predicted octanol–water partition coefficient (Wildman–Crippen LogP) is 2.95. The largest absolute Gasteiger partial charge is 0.454 e. The quantitative estimate of drug-likeness (QED) is 0.758. The van der Waals surface area contributed by atoms with Gasteiger partial charge in [0.05, 0.1) is 6.10 Å². The fourth-order valence-electron chi connectivity index (χ4n) is 4.20. The van der Waals surface area contributed by atoms with Gasteiger partial charge in [0, 0.05) is 49.0 Å². The minimum atomic E-state index is -0.404. The van der Waals surface area contributed by atoms with Gasteiger partial charge in [-0.25, -0.2) is 0 Å². The van der Waals surface area contributed by atoms with Crippen LogP contribution in [0.4, 0.5) is 0 Å². The van der Waals surface area contributed by atoms with Gasteiger partial charge in [0.25, 0.3) is 0 Å². The van der Waals surface area contributed by atoms with E-state index in [2.05, 4.69) is 32.8 Å². The maximum absolute atomic E-state index is 10.8. The average Bonchev–Trinajstić information content (AvgIpc) is 3.37. The number of aliphatic hydroxyl groups excluding tert-OH is 1. The van der Waals surface area contributed by atoms with Crippen molar-refractivity contribution in [3.8, 4) is 17.2 Å². The van der Waals surface area contributed by atoms with Crippen LogP contribution >= 0.6 is 0 Å². The van der Waals surface area contributed by atoms with Crippen molar-refractivity contribution in [1.82, 2.24) is 14.5 Å². The number of pyridine rings is 1. The number of aliphatic hydroxyl groups is 1. The minimum absolute atomic E-state index is 0.123. The maximum Gasteiger partial charge on any atom is 0.231 e. The van der Waals surface area contributed by atoms with Crippen molar-refractivity contribution in [2.24, 2.45) is 0 Å². The molecule has 0 saturated carbocycles. The normalized spacial score (nSPS) is 21.8. The number of likely N-dealkylation sites (tertiary alicyclic amines) is 1. The van der Waals surface area contributed by atoms with Gasteiger partial charge < -0.3 is 19.1 Å². The van der Waals surface area contributed by atoms with E-state index < -0.39 is 6.10 Å². The number of ether oxygens (including phenoxy) is 2. The number of rotatable bonds is 4. The molecule has 2 aromatic heterocycles. The molecule has 28 heavy (non-hydrogen) atoms. The molecule has 2 aliphatic rings. The number of β-amino-alcohol motifs (C(OH)–C–C–N with tert-alkyl or cyclic N) is 1. The zero-order chi connectivity index (χ0) is 18.9. The van der Waals surface area contributed by atoms with E-state index in [1.54, 1.807) is 12.4 Å². The third kappa shape index (κ3) is 3.25. The zero-order valence-electron chi connectivity index (χ0n) is 15.6. The van der Waals surface area contributed by atoms with Crippen molar-refractivity contribution in [3.05, 3.63) is 72.3 Å². The highest BCUT2D eigenvalue weighted by Gasteiger charge is 2.30. The number of hydrogen-bond acceptors (Lipinski definition) is 5. The van der Waals surface area contributed by atoms with Crippen molar-refractivity contribution in [2.75, 3.05) is 19.9 Å². The summed E-state index contributed by atoms with van der Waals surface area (Å²) in [5.41, 5.74) is 3.43. The smallest absolute Gasteiger partial charge is 0.231 e. The summed E-state index contributed by atoms with van der Waals surface area (Å²) in [5, 5.41) is 10.8. The lowest BCUT2D eigenvalue weighted by Crippen LogP contribution is -2.42. The van der Waals surface area contributed by atoms with Gasteiger partial charge >= 0.3 is 0 Å². The summed E-state index contributed by atoms with van der Waals surface area (Å²) in [6.45, 7) is 2.68. The molecule has 144 valence electrons. The van der Waals surface area contributed by atoms with Crippen molar-refractivity contribution < 1.29 is 14.6 Å². The van der Waals surface area contributed by atoms with Crippen LogP contribution in [0.2, 0.25) is 0 Å². The molecule has 2 atom stereocenters. The van der Waals surface area contributed by atoms with Gasteiger partial charge in [0.15, 0.2) is 11.5 Å². The zero-order valence-corrected chi connectivity index (χ0v) is 15.6. The molecule has 1 aromatic carbocycles. The Morgan fingerprint density at radius 1 is 1.07 bits per heavy atom. The summed E-state index contributed by atoms with van der Waals surface area (Å²) >= 11 is 0. The van der Waals surface area contributed by atoms with Crippen LogP contribution in [0.15, 0.2) is 61.1 Å². The highest BCUT2D eigenvalue weighted by Crippen LogP contribution is 2.37. The molecular weight excluding hydrogens is 354 g/mol. The number of benzene rings is 1. The van der Waals surface area contributed by atoms with Crippen LogP contribution in [-0.2, 0) is 6.54 Å². The third-order valence-electron chi connectivity index (χ3n) is 5.65. The van der Waals surface area contributed by atoms with Crippen molar-refractivity contribution in [3.63, 3.8) is 0 Å². The molecule has 0 unspecified atom stereocenters. The number of piperidine rings is 1. The van der Waals surface area contributed by atoms with Crippen molar-refractivity contribution in [1.29, 1.82) is 0 Å². The fraction of sp³-hybridized carbons (Fsp3) is 0.318. The first kappa shape index (κ1) is 17.3. The summed E-state index contributed by atoms with van der Waals surface area (Å²) < 4.78 is 13.1. The van der Waals surface area contributed by atoms with Gasteiger partial charge in [-0.2, -0.15) is 0 Å². The third-order valence-corrected chi connectivity index (χ3v) is 5.65. The van der Waals surface area contributed by atoms with E-state index in [-0.39, 0.29) is 12.7 Å². The molecule has 0 radical (unpaired) electrons. The van der Waals surface area contributed by atoms with Crippen LogP contribution in [0.1, 0.15) is 23.6 Å². The van der Waals surface area contributed by atoms with Gasteiger partial charge in [-0.15, -0.1) is 0 Å². The average molecular weight is 377 g/mol. The SMILES string of the molecule is O[C@@H]1CN(Cc2cccn2-c2ccncc2)CC[C@H]1c1ccc2c(c1)OCO2. The molecule has 1 fully saturated rings. The van der Waals surface area contributed by atoms with Gasteiger partial charge in [-0.05, 0) is 54.9 Å². The van der Waals surface area contributed by atoms with E-state index >= 15 is 0 Å². The molecule has 1 N–H and O–H groups in total. The Bertz CT molecular complexity index is 957. The van der Waals surface area contributed by atoms with Crippen LogP contribution in [0.25, 0.3) is 5.69 Å². The first-order valence-corrected chi connectivity index (χ1v) is 9.64. The Morgan fingerprint density at radius 2 is 1.93 bits per heavy atom. The highest BCUT2D eigenvalue weighted by molar-refractivity contribution is 5.45. The van der Waals surface area contributed by atoms with Crippen LogP contribution in [-0.4, -0.2) is 45.5 Å². The van der Waals surface area contributed by atoms with Gasteiger partial charge in [-0.1, -0.05) is 6.07 Å². The molecule has 6 nitrogen and oxygen atoms in total. The standard InChI is InChI=1S/C22H23N3O3/c26-20-14-24(13-18-2-1-10-25(18)17-5-8-23-9-6-17)11-7-19(20)16-3-4-21-22(12-16)28-15-27-21/h1-6,8-10,12,19-20,26H,7,11,13-15H2/t19-,20+/m0/s1. The molecule has 0 aliphatic carbocycles. The van der Waals surface area contributed by atoms with Gasteiger partial charge in [-0.3, -0.25) is 9.88 Å². The molecule has 2 aliphatic heterocycles. The number of aromatic nitrogens is 2. The first-order chi connectivity index (χ1) is 13.8. The topological polar surface area (TPSA) is 59.8 Å². The number of nitrogens with zero attached hydrogens (tertiary/aromatic N) is 3. The maximum atomic E-state index is 10.8. The molecule has 6 heteroatoms. The molecule has 0 amide bonds. The summed E-state index contributed by atoms with van der Waals surface area (Å²) in [6, 6.07) is 14.2. The lowest BCUT2D eigenvalue weighted by atomic mass is 9.87. The van der Waals surface area contributed by atoms with Crippen LogP contribution < -0.4 is 9.47 Å². The lowest BCUT2D eigenvalue weighted by molar-refractivity contribution is 0.0469. The minimum Gasteiger partial charge on any atom is -0.454 e. The highest BCUT2D eigenvalue weighted by atomic mass is 16.7. The molecule has 3 aromatic rings. The van der Waals surface area contributed by atoms with E-state index in [0.29, 0.717) is 6.54 Å². The Morgan fingerprint density at radius 3 is 2.79 bits per heavy atom. The predicted molar refractivity (Wildman–Crippen MR) is 105 cm³/mol. The number of hydrogen-bond donors (Lipinski definition) is 1. The van der Waals surface area contributed by atoms with Gasteiger partial charge in [0.1, 0.15) is 0 Å². The Balaban J connectivity index is 1.28. The van der Waals surface area contributed by atoms with E-state index in [1.807, 2.05) is 30.3 Å². The number of fused-ring (bicyclic) bond motifs is 1. The lowest BCUT2D eigenvalue weighted by Gasteiger charge is -2.36. The van der Waals surface area contributed by atoms with Crippen molar-refractivity contribution >= 4 is 0 Å². The monoisotopic (exact) mass is 377 g/mol. The molecule has 4 heterocycles. The van der Waals surface area contributed by atoms with Crippen LogP contribution in [0, 0.1) is 0 Å².